The van der Waals surface area contributed by atoms with E-state index >= 15 is 0 Å². The minimum Gasteiger partial charge on any atom is -0.391 e. The van der Waals surface area contributed by atoms with Gasteiger partial charge in [0.15, 0.2) is 0 Å². The molecule has 1 aliphatic rings. The zero-order chi connectivity index (χ0) is 11.4. The van der Waals surface area contributed by atoms with Crippen LogP contribution in [0.15, 0.2) is 0 Å². The summed E-state index contributed by atoms with van der Waals surface area (Å²) >= 11 is 0. The van der Waals surface area contributed by atoms with Crippen LogP contribution in [0.25, 0.3) is 0 Å². The summed E-state index contributed by atoms with van der Waals surface area (Å²) in [5.74, 6) is -0.229. The highest BCUT2D eigenvalue weighted by atomic mass is 32.2. The molecule has 0 aromatic heterocycles. The Bertz CT molecular complexity index is 280. The van der Waals surface area contributed by atoms with Gasteiger partial charge in [0.2, 0.25) is 0 Å². The molecular formula is C8H19N2O4S+. The fourth-order valence-corrected chi connectivity index (χ4v) is 2.57. The van der Waals surface area contributed by atoms with E-state index in [-0.39, 0.29) is 12.4 Å². The van der Waals surface area contributed by atoms with Crippen LogP contribution in [0.3, 0.4) is 0 Å². The zero-order valence-corrected chi connectivity index (χ0v) is 9.54. The molecule has 0 aliphatic carbocycles. The largest absolute Gasteiger partial charge is 0.391 e. The van der Waals surface area contributed by atoms with Gasteiger partial charge >= 0.3 is 0 Å². The fourth-order valence-electron chi connectivity index (χ4n) is 1.95. The molecule has 0 bridgehead atoms. The van der Waals surface area contributed by atoms with Gasteiger partial charge in [-0.05, 0) is 0 Å². The summed E-state index contributed by atoms with van der Waals surface area (Å²) in [6.07, 6.45) is 0. The first-order valence-corrected chi connectivity index (χ1v) is 6.70. The first-order valence-electron chi connectivity index (χ1n) is 5.09. The Balaban J connectivity index is 2.56. The van der Waals surface area contributed by atoms with E-state index in [1.807, 2.05) is 0 Å². The number of nitrogens with one attached hydrogen (secondary N) is 1. The van der Waals surface area contributed by atoms with Crippen molar-refractivity contribution in [1.82, 2.24) is 5.32 Å². The van der Waals surface area contributed by atoms with Crippen molar-refractivity contribution < 1.29 is 22.6 Å². The lowest BCUT2D eigenvalue weighted by molar-refractivity contribution is -0.927. The first-order chi connectivity index (χ1) is 6.97. The van der Waals surface area contributed by atoms with Gasteiger partial charge in [-0.25, -0.2) is 0 Å². The quantitative estimate of drug-likeness (QED) is 0.393. The highest BCUT2D eigenvalue weighted by Crippen LogP contribution is 2.08. The average Bonchev–Trinajstić information content (AvgIpc) is 2.16. The maximum absolute atomic E-state index is 10.7. The zero-order valence-electron chi connectivity index (χ0n) is 8.72. The summed E-state index contributed by atoms with van der Waals surface area (Å²) in [5.41, 5.74) is 0. The van der Waals surface area contributed by atoms with Crippen molar-refractivity contribution in [3.63, 3.8) is 0 Å². The molecule has 1 heterocycles. The second kappa shape index (κ2) is 5.22. The van der Waals surface area contributed by atoms with Crippen molar-refractivity contribution in [2.24, 2.45) is 0 Å². The van der Waals surface area contributed by atoms with Gasteiger partial charge in [0.25, 0.3) is 10.1 Å². The first kappa shape index (κ1) is 12.9. The van der Waals surface area contributed by atoms with E-state index in [4.69, 9.17) is 9.66 Å². The number of aliphatic hydroxyl groups is 1. The lowest BCUT2D eigenvalue weighted by Gasteiger charge is -2.41. The average molecular weight is 239 g/mol. The van der Waals surface area contributed by atoms with E-state index in [9.17, 15) is 8.42 Å². The van der Waals surface area contributed by atoms with Crippen LogP contribution in [0.1, 0.15) is 0 Å². The Morgan fingerprint density at radius 2 is 1.80 bits per heavy atom. The second-order valence-electron chi connectivity index (χ2n) is 4.00. The van der Waals surface area contributed by atoms with Crippen LogP contribution in [0.4, 0.5) is 0 Å². The minimum atomic E-state index is -3.90. The molecule has 0 amide bonds. The molecule has 0 saturated carbocycles. The third kappa shape index (κ3) is 4.43. The lowest BCUT2D eigenvalue weighted by atomic mass is 10.2. The molecule has 1 saturated heterocycles. The standard InChI is InChI=1S/C8H18N2O4S/c11-7-5-10(3-1-9-2-4-10)6-8-15(12,13)14/h9,11H,1-8H2/p+1. The summed E-state index contributed by atoms with van der Waals surface area (Å²) in [6, 6.07) is 0. The number of piperazine rings is 1. The van der Waals surface area contributed by atoms with Crippen LogP contribution in [0.5, 0.6) is 0 Å². The van der Waals surface area contributed by atoms with Crippen molar-refractivity contribution >= 4 is 10.1 Å². The molecule has 15 heavy (non-hydrogen) atoms. The molecule has 1 rings (SSSR count). The van der Waals surface area contributed by atoms with Crippen molar-refractivity contribution in [1.29, 1.82) is 0 Å². The Kier molecular flexibility index (Phi) is 4.47. The normalized spacial score (nSPS) is 21.5. The lowest BCUT2D eigenvalue weighted by Crippen LogP contribution is -2.61. The number of aliphatic hydroxyl groups excluding tert-OH is 1. The van der Waals surface area contributed by atoms with Crippen LogP contribution in [-0.2, 0) is 10.1 Å². The molecule has 6 nitrogen and oxygen atoms in total. The highest BCUT2D eigenvalue weighted by Gasteiger charge is 2.30. The summed E-state index contributed by atoms with van der Waals surface area (Å²) in [6.45, 7) is 4.23. The van der Waals surface area contributed by atoms with E-state index in [0.717, 1.165) is 26.2 Å². The van der Waals surface area contributed by atoms with Gasteiger partial charge in [-0.3, -0.25) is 4.55 Å². The summed E-state index contributed by atoms with van der Waals surface area (Å²) in [5, 5.41) is 12.2. The third-order valence-electron chi connectivity index (χ3n) is 2.92. The van der Waals surface area contributed by atoms with Crippen LogP contribution >= 0.6 is 0 Å². The monoisotopic (exact) mass is 239 g/mol. The minimum absolute atomic E-state index is 0.0471. The van der Waals surface area contributed by atoms with Gasteiger partial charge in [0, 0.05) is 13.1 Å². The van der Waals surface area contributed by atoms with Gasteiger partial charge in [-0.2, -0.15) is 8.42 Å². The molecule has 1 aliphatic heterocycles. The van der Waals surface area contributed by atoms with Gasteiger partial charge in [0.1, 0.15) is 12.3 Å². The second-order valence-corrected chi connectivity index (χ2v) is 5.57. The van der Waals surface area contributed by atoms with Crippen molar-refractivity contribution in [3.8, 4) is 0 Å². The maximum atomic E-state index is 10.7. The van der Waals surface area contributed by atoms with Crippen LogP contribution < -0.4 is 5.32 Å². The van der Waals surface area contributed by atoms with Crippen molar-refractivity contribution in [2.45, 2.75) is 0 Å². The molecule has 7 heteroatoms. The molecule has 0 unspecified atom stereocenters. The molecule has 0 aromatic carbocycles. The molecule has 1 fully saturated rings. The summed E-state index contributed by atoms with van der Waals surface area (Å²) in [4.78, 5) is 0. The van der Waals surface area contributed by atoms with E-state index in [1.165, 1.54) is 0 Å². The van der Waals surface area contributed by atoms with Crippen molar-refractivity contribution in [2.75, 3.05) is 51.6 Å². The summed E-state index contributed by atoms with van der Waals surface area (Å²) < 4.78 is 30.7. The van der Waals surface area contributed by atoms with Crippen molar-refractivity contribution in [3.05, 3.63) is 0 Å². The number of rotatable bonds is 5. The molecule has 0 atom stereocenters. The molecule has 0 aromatic rings. The Hall–Kier alpha value is -0.210. The van der Waals surface area contributed by atoms with Crippen LogP contribution in [0.2, 0.25) is 0 Å². The van der Waals surface area contributed by atoms with E-state index in [2.05, 4.69) is 5.32 Å². The van der Waals surface area contributed by atoms with Crippen LogP contribution in [0, 0.1) is 0 Å². The van der Waals surface area contributed by atoms with Gasteiger partial charge in [-0.15, -0.1) is 0 Å². The Morgan fingerprint density at radius 3 is 2.27 bits per heavy atom. The van der Waals surface area contributed by atoms with E-state index in [1.54, 1.807) is 0 Å². The molecule has 3 N–H and O–H groups in total. The topological polar surface area (TPSA) is 86.6 Å². The maximum Gasteiger partial charge on any atom is 0.270 e. The predicted molar refractivity (Wildman–Crippen MR) is 56.1 cm³/mol. The smallest absolute Gasteiger partial charge is 0.270 e. The molecular weight excluding hydrogens is 220 g/mol. The van der Waals surface area contributed by atoms with Gasteiger partial charge in [-0.1, -0.05) is 0 Å². The van der Waals surface area contributed by atoms with Crippen LogP contribution in [-0.4, -0.2) is 74.2 Å². The molecule has 0 spiro atoms. The van der Waals surface area contributed by atoms with Gasteiger partial charge in [0.05, 0.1) is 26.2 Å². The molecule has 90 valence electrons. The molecule has 0 radical (unpaired) electrons. The number of quaternary nitrogens is 1. The third-order valence-corrected chi connectivity index (χ3v) is 3.62. The summed E-state index contributed by atoms with van der Waals surface area (Å²) in [7, 11) is -3.90. The van der Waals surface area contributed by atoms with Gasteiger partial charge < -0.3 is 14.9 Å². The number of hydrogen-bond acceptors (Lipinski definition) is 4. The Labute approximate surface area is 90.2 Å². The number of nitrogens with zero attached hydrogens (tertiary/aromatic N) is 1. The SMILES string of the molecule is O=S(=O)(O)CC[N+]1(CCO)CCNCC1. The number of hydrogen-bond donors (Lipinski definition) is 3. The fraction of sp³-hybridized carbons (Fsp3) is 1.00. The van der Waals surface area contributed by atoms with E-state index < -0.39 is 10.1 Å². The Morgan fingerprint density at radius 1 is 1.20 bits per heavy atom. The van der Waals surface area contributed by atoms with E-state index in [0.29, 0.717) is 17.6 Å². The highest BCUT2D eigenvalue weighted by molar-refractivity contribution is 7.85. The predicted octanol–water partition coefficient (Wildman–Crippen LogP) is -1.71.